The molecule has 2 heterocycles. The molecule has 2 radical (unpaired) electrons. The number of halogens is 2. The van der Waals surface area contributed by atoms with Crippen molar-refractivity contribution in [1.29, 1.82) is 0 Å². The Morgan fingerprint density at radius 1 is 1.00 bits per heavy atom. The van der Waals surface area contributed by atoms with Crippen LogP contribution >= 0.6 is 23.2 Å². The topological polar surface area (TPSA) is 57.7 Å². The van der Waals surface area contributed by atoms with Gasteiger partial charge in [-0.1, -0.05) is 23.2 Å². The van der Waals surface area contributed by atoms with Crippen molar-refractivity contribution >= 4 is 46.6 Å². The molecule has 2 atom stereocenters. The van der Waals surface area contributed by atoms with E-state index in [4.69, 9.17) is 23.2 Å². The van der Waals surface area contributed by atoms with Crippen molar-refractivity contribution in [3.05, 3.63) is 41.1 Å². The van der Waals surface area contributed by atoms with Crippen molar-refractivity contribution in [2.45, 2.75) is 31.8 Å². The molecule has 2 aliphatic heterocycles. The molecule has 0 spiro atoms. The van der Waals surface area contributed by atoms with Crippen LogP contribution in [0.2, 0.25) is 10.0 Å². The summed E-state index contributed by atoms with van der Waals surface area (Å²) in [4.78, 5) is 39.5. The van der Waals surface area contributed by atoms with E-state index in [1.54, 1.807) is 4.90 Å². The summed E-state index contributed by atoms with van der Waals surface area (Å²) in [5.74, 6) is -1.12. The third kappa shape index (κ3) is 3.08. The first-order valence-electron chi connectivity index (χ1n) is 7.19. The molecule has 2 unspecified atom stereocenters. The number of anilines is 1. The van der Waals surface area contributed by atoms with Gasteiger partial charge in [-0.3, -0.25) is 14.4 Å². The Hall–Kier alpha value is -1.59. The summed E-state index contributed by atoms with van der Waals surface area (Å²) in [6.07, 6.45) is 4.15. The number of rotatable bonds is 1. The molecule has 23 heavy (non-hydrogen) atoms. The van der Waals surface area contributed by atoms with E-state index in [1.165, 1.54) is 38.0 Å². The summed E-state index contributed by atoms with van der Waals surface area (Å²) in [6, 6.07) is 3.95. The van der Waals surface area contributed by atoms with Crippen LogP contribution in [0.15, 0.2) is 18.2 Å². The molecule has 0 saturated carbocycles. The molecule has 1 aromatic rings. The lowest BCUT2D eigenvalue weighted by Gasteiger charge is -2.33. The summed E-state index contributed by atoms with van der Waals surface area (Å²) < 4.78 is 0. The van der Waals surface area contributed by atoms with E-state index in [2.05, 4.69) is 0 Å². The molecule has 3 rings (SSSR count). The van der Waals surface area contributed by atoms with Crippen molar-refractivity contribution < 1.29 is 14.4 Å². The second-order valence-electron chi connectivity index (χ2n) is 5.61. The van der Waals surface area contributed by atoms with E-state index in [0.29, 0.717) is 28.6 Å². The summed E-state index contributed by atoms with van der Waals surface area (Å²) >= 11 is 11.9. The van der Waals surface area contributed by atoms with Gasteiger partial charge in [0.15, 0.2) is 0 Å². The molecule has 0 aromatic heterocycles. The molecule has 3 amide bonds. The monoisotopic (exact) mass is 352 g/mol. The van der Waals surface area contributed by atoms with Crippen LogP contribution in [0.4, 0.5) is 5.69 Å². The fourth-order valence-electron chi connectivity index (χ4n) is 3.17. The fourth-order valence-corrected chi connectivity index (χ4v) is 3.68. The summed E-state index contributed by atoms with van der Waals surface area (Å²) in [5, 5.41) is 0.673. The van der Waals surface area contributed by atoms with E-state index in [0.717, 1.165) is 4.90 Å². The largest absolute Gasteiger partial charge is 0.335 e. The van der Waals surface area contributed by atoms with Crippen molar-refractivity contribution in [2.24, 2.45) is 0 Å². The lowest BCUT2D eigenvalue weighted by molar-refractivity contribution is -0.132. The van der Waals surface area contributed by atoms with Crippen molar-refractivity contribution in [3.63, 3.8) is 0 Å². The summed E-state index contributed by atoms with van der Waals surface area (Å²) in [6.45, 7) is 1.44. The standard InChI is InChI=1S/C16H14Cl2N2O3/c1-9(21)19-12-2-3-13(19)8-16(23)20(15(22)7-12)14-5-10(17)4-11(18)6-14/h4-8,12-13H,2-3H2,1H3. The Labute approximate surface area is 144 Å². The molecule has 120 valence electrons. The van der Waals surface area contributed by atoms with Gasteiger partial charge >= 0.3 is 0 Å². The number of benzene rings is 1. The van der Waals surface area contributed by atoms with E-state index in [9.17, 15) is 14.4 Å². The number of amides is 3. The Morgan fingerprint density at radius 3 is 1.91 bits per heavy atom. The molecule has 2 saturated heterocycles. The number of imide groups is 1. The molecule has 7 heteroatoms. The highest BCUT2D eigenvalue weighted by Crippen LogP contribution is 2.33. The quantitative estimate of drug-likeness (QED) is 0.730. The van der Waals surface area contributed by atoms with Crippen LogP contribution in [0.1, 0.15) is 19.8 Å². The van der Waals surface area contributed by atoms with Gasteiger partial charge in [0.05, 0.1) is 18.5 Å². The first-order chi connectivity index (χ1) is 10.9. The average Bonchev–Trinajstić information content (AvgIpc) is 2.80. The molecule has 1 aromatic carbocycles. The highest BCUT2D eigenvalue weighted by Gasteiger charge is 2.43. The van der Waals surface area contributed by atoms with Crippen LogP contribution in [0.25, 0.3) is 0 Å². The molecule has 0 aliphatic carbocycles. The molecule has 2 fully saturated rings. The maximum Gasteiger partial charge on any atom is 0.239 e. The number of fused-ring (bicyclic) bond motifs is 2. The van der Waals surface area contributed by atoms with E-state index in [1.807, 2.05) is 0 Å². The average molecular weight is 353 g/mol. The number of carbonyl (C=O) groups excluding carboxylic acids is 3. The number of hydrogen-bond acceptors (Lipinski definition) is 3. The van der Waals surface area contributed by atoms with Gasteiger partial charge in [-0.25, -0.2) is 4.90 Å². The van der Waals surface area contributed by atoms with Crippen molar-refractivity contribution in [1.82, 2.24) is 4.90 Å². The number of carbonyl (C=O) groups is 3. The SMILES string of the molecule is CC(=O)N1C2[CH]C(=O)N(c3cc(Cl)cc(Cl)c3)C(=O)[CH]C1CC2. The van der Waals surface area contributed by atoms with Crippen LogP contribution in [0, 0.1) is 12.8 Å². The third-order valence-corrected chi connectivity index (χ3v) is 4.49. The van der Waals surface area contributed by atoms with Gasteiger partial charge in [0, 0.05) is 29.1 Å². The van der Waals surface area contributed by atoms with E-state index in [-0.39, 0.29) is 18.0 Å². The van der Waals surface area contributed by atoms with Gasteiger partial charge in [0.2, 0.25) is 17.7 Å². The minimum absolute atomic E-state index is 0.148. The Bertz CT molecular complexity index is 646. The highest BCUT2D eigenvalue weighted by atomic mass is 35.5. The molecular formula is C16H14Cl2N2O3. The molecule has 2 aliphatic rings. The maximum atomic E-state index is 12.6. The molecule has 0 N–H and O–H groups in total. The third-order valence-electron chi connectivity index (χ3n) is 4.05. The van der Waals surface area contributed by atoms with Crippen LogP contribution in [-0.4, -0.2) is 34.7 Å². The van der Waals surface area contributed by atoms with Gasteiger partial charge < -0.3 is 4.90 Å². The summed E-state index contributed by atoms with van der Waals surface area (Å²) in [7, 11) is 0. The second kappa shape index (κ2) is 6.13. The molecular weight excluding hydrogens is 339 g/mol. The predicted molar refractivity (Wildman–Crippen MR) is 86.9 cm³/mol. The van der Waals surface area contributed by atoms with Crippen LogP contribution < -0.4 is 4.90 Å². The van der Waals surface area contributed by atoms with Gasteiger partial charge in [-0.15, -0.1) is 0 Å². The first-order valence-corrected chi connectivity index (χ1v) is 7.95. The minimum Gasteiger partial charge on any atom is -0.335 e. The highest BCUT2D eigenvalue weighted by molar-refractivity contribution is 6.35. The molecule has 2 bridgehead atoms. The van der Waals surface area contributed by atoms with E-state index >= 15 is 0 Å². The van der Waals surface area contributed by atoms with Gasteiger partial charge in [0.25, 0.3) is 0 Å². The van der Waals surface area contributed by atoms with Gasteiger partial charge in [0.1, 0.15) is 0 Å². The Balaban J connectivity index is 1.96. The minimum atomic E-state index is -0.485. The van der Waals surface area contributed by atoms with Crippen molar-refractivity contribution in [3.8, 4) is 0 Å². The summed E-state index contributed by atoms with van der Waals surface area (Å²) in [5.41, 5.74) is 0.320. The fraction of sp³-hybridized carbons (Fsp3) is 0.312. The number of hydrogen-bond donors (Lipinski definition) is 0. The van der Waals surface area contributed by atoms with E-state index < -0.39 is 11.8 Å². The zero-order valence-corrected chi connectivity index (χ0v) is 13.8. The lowest BCUT2D eigenvalue weighted by atomic mass is 10.1. The normalized spacial score (nSPS) is 24.7. The molecule has 5 nitrogen and oxygen atoms in total. The van der Waals surface area contributed by atoms with Crippen LogP contribution in [0.5, 0.6) is 0 Å². The van der Waals surface area contributed by atoms with Gasteiger partial charge in [-0.2, -0.15) is 0 Å². The maximum absolute atomic E-state index is 12.6. The van der Waals surface area contributed by atoms with Gasteiger partial charge in [-0.05, 0) is 31.0 Å². The second-order valence-corrected chi connectivity index (χ2v) is 6.48. The number of nitrogens with zero attached hydrogens (tertiary/aromatic N) is 2. The smallest absolute Gasteiger partial charge is 0.239 e. The van der Waals surface area contributed by atoms with Crippen LogP contribution in [0.3, 0.4) is 0 Å². The lowest BCUT2D eigenvalue weighted by Crippen LogP contribution is -2.50. The zero-order valence-electron chi connectivity index (χ0n) is 12.3. The first kappa shape index (κ1) is 16.3. The Kier molecular flexibility index (Phi) is 4.34. The van der Waals surface area contributed by atoms with Crippen LogP contribution in [-0.2, 0) is 14.4 Å². The zero-order chi connectivity index (χ0) is 16.7. The van der Waals surface area contributed by atoms with Crippen molar-refractivity contribution in [2.75, 3.05) is 4.90 Å². The predicted octanol–water partition coefficient (Wildman–Crippen LogP) is 2.65. The Morgan fingerprint density at radius 2 is 1.48 bits per heavy atom.